The summed E-state index contributed by atoms with van der Waals surface area (Å²) in [5.41, 5.74) is 5.01. The summed E-state index contributed by atoms with van der Waals surface area (Å²) in [6.07, 6.45) is 2.38. The molecule has 6 nitrogen and oxygen atoms in total. The zero-order chi connectivity index (χ0) is 25.4. The minimum atomic E-state index is 0.466. The van der Waals surface area contributed by atoms with Crippen LogP contribution in [0.5, 0.6) is 0 Å². The Morgan fingerprint density at radius 3 is 2.76 bits per heavy atom. The highest BCUT2D eigenvalue weighted by Crippen LogP contribution is 2.42. The third kappa shape index (κ3) is 4.83. The van der Waals surface area contributed by atoms with Crippen LogP contribution < -0.4 is 10.6 Å². The van der Waals surface area contributed by atoms with Gasteiger partial charge in [-0.3, -0.25) is 9.58 Å². The van der Waals surface area contributed by atoms with Crippen LogP contribution in [0.2, 0.25) is 0 Å². The van der Waals surface area contributed by atoms with E-state index in [9.17, 15) is 0 Å². The van der Waals surface area contributed by atoms with Crippen molar-refractivity contribution in [3.63, 3.8) is 0 Å². The Bertz CT molecular complexity index is 1500. The minimum Gasteiger partial charge on any atom is -0.361 e. The molecule has 4 atom stereocenters. The van der Waals surface area contributed by atoms with Crippen LogP contribution in [0.25, 0.3) is 22.0 Å². The van der Waals surface area contributed by atoms with Gasteiger partial charge in [-0.05, 0) is 78.6 Å². The van der Waals surface area contributed by atoms with E-state index in [-0.39, 0.29) is 0 Å². The third-order valence-corrected chi connectivity index (χ3v) is 8.21. The topological polar surface area (TPSA) is 68.9 Å². The molecule has 0 amide bonds. The standard InChI is InChI=1S/C30H30N6S/c1-35-29(16-28(34-35)24-10-9-21-6-2-3-7-22(21)14-24)27-19-36-12-11-23(27)15-26(36)18-32-30(37)33-25-8-4-5-20(13-25)17-31/h2-10,13-14,16,23,26-27H,11-12,15,18-19H2,1H3,(H2,32,33,37)/t23-,26+,27+/m0/s1. The number of thiocarbonyl (C=S) groups is 1. The summed E-state index contributed by atoms with van der Waals surface area (Å²) in [6.45, 7) is 3.01. The van der Waals surface area contributed by atoms with E-state index in [1.165, 1.54) is 28.5 Å². The number of benzene rings is 3. The predicted molar refractivity (Wildman–Crippen MR) is 152 cm³/mol. The van der Waals surface area contributed by atoms with Gasteiger partial charge in [0.05, 0.1) is 17.3 Å². The lowest BCUT2D eigenvalue weighted by molar-refractivity contribution is 0.0303. The van der Waals surface area contributed by atoms with Crippen molar-refractivity contribution >= 4 is 33.8 Å². The second-order valence-electron chi connectivity index (χ2n) is 10.2. The van der Waals surface area contributed by atoms with E-state index in [4.69, 9.17) is 22.6 Å². The monoisotopic (exact) mass is 506 g/mol. The number of nitrogens with zero attached hydrogens (tertiary/aromatic N) is 4. The zero-order valence-corrected chi connectivity index (χ0v) is 21.7. The molecule has 4 aromatic rings. The lowest BCUT2D eigenvalue weighted by atomic mass is 9.74. The van der Waals surface area contributed by atoms with Crippen LogP contribution in [-0.4, -0.2) is 45.5 Å². The van der Waals surface area contributed by atoms with Gasteiger partial charge < -0.3 is 10.6 Å². The first-order chi connectivity index (χ1) is 18.1. The number of fused-ring (bicyclic) bond motifs is 4. The first-order valence-corrected chi connectivity index (χ1v) is 13.3. The molecule has 4 heterocycles. The molecule has 7 rings (SSSR count). The van der Waals surface area contributed by atoms with E-state index in [1.54, 1.807) is 6.07 Å². The molecule has 0 spiro atoms. The quantitative estimate of drug-likeness (QED) is 0.359. The van der Waals surface area contributed by atoms with Crippen molar-refractivity contribution in [2.24, 2.45) is 13.0 Å². The van der Waals surface area contributed by atoms with Gasteiger partial charge in [0.1, 0.15) is 0 Å². The number of hydrogen-bond donors (Lipinski definition) is 2. The molecule has 1 unspecified atom stereocenters. The number of rotatable bonds is 5. The van der Waals surface area contributed by atoms with Gasteiger partial charge in [0.25, 0.3) is 0 Å². The van der Waals surface area contributed by atoms with Gasteiger partial charge in [-0.25, -0.2) is 0 Å². The molecular formula is C30H30N6S. The van der Waals surface area contributed by atoms with Crippen LogP contribution in [0, 0.1) is 17.2 Å². The van der Waals surface area contributed by atoms with Gasteiger partial charge in [-0.15, -0.1) is 0 Å². The molecule has 2 bridgehead atoms. The summed E-state index contributed by atoms with van der Waals surface area (Å²) in [5, 5.41) is 23.7. The van der Waals surface area contributed by atoms with Crippen LogP contribution in [0.4, 0.5) is 5.69 Å². The summed E-state index contributed by atoms with van der Waals surface area (Å²) in [5.74, 6) is 1.14. The Balaban J connectivity index is 1.11. The van der Waals surface area contributed by atoms with Crippen molar-refractivity contribution in [2.45, 2.75) is 24.8 Å². The second kappa shape index (κ2) is 9.97. The number of anilines is 1. The highest BCUT2D eigenvalue weighted by atomic mass is 32.1. The summed E-state index contributed by atoms with van der Waals surface area (Å²) < 4.78 is 2.10. The third-order valence-electron chi connectivity index (χ3n) is 7.97. The molecule has 0 radical (unpaired) electrons. The van der Waals surface area contributed by atoms with Crippen LogP contribution >= 0.6 is 12.2 Å². The molecule has 186 valence electrons. The maximum absolute atomic E-state index is 9.11. The van der Waals surface area contributed by atoms with Crippen molar-refractivity contribution in [1.82, 2.24) is 20.0 Å². The first-order valence-electron chi connectivity index (χ1n) is 12.9. The smallest absolute Gasteiger partial charge is 0.170 e. The SMILES string of the molecule is Cn1nc(-c2ccc3ccccc3c2)cc1[C@@H]1CN2CC[C@H]1C[C@@H]2CNC(=S)Nc1cccc(C#N)c1. The van der Waals surface area contributed by atoms with E-state index in [1.807, 2.05) is 18.2 Å². The van der Waals surface area contributed by atoms with Gasteiger partial charge in [0.2, 0.25) is 0 Å². The van der Waals surface area contributed by atoms with Crippen LogP contribution in [0.3, 0.4) is 0 Å². The minimum absolute atomic E-state index is 0.466. The molecule has 3 aromatic carbocycles. The van der Waals surface area contributed by atoms with Crippen molar-refractivity contribution in [2.75, 3.05) is 25.0 Å². The van der Waals surface area contributed by atoms with E-state index >= 15 is 0 Å². The first kappa shape index (κ1) is 23.7. The number of aryl methyl sites for hydroxylation is 1. The summed E-state index contributed by atoms with van der Waals surface area (Å²) in [7, 11) is 2.09. The molecule has 3 aliphatic heterocycles. The zero-order valence-electron chi connectivity index (χ0n) is 20.9. The fourth-order valence-corrected chi connectivity index (χ4v) is 6.26. The van der Waals surface area contributed by atoms with Gasteiger partial charge in [-0.2, -0.15) is 10.4 Å². The molecule has 1 aromatic heterocycles. The molecule has 3 saturated heterocycles. The van der Waals surface area contributed by atoms with Crippen LogP contribution in [0.15, 0.2) is 72.8 Å². The maximum atomic E-state index is 9.11. The molecule has 0 saturated carbocycles. The number of piperidine rings is 3. The molecule has 3 aliphatic rings. The van der Waals surface area contributed by atoms with Crippen molar-refractivity contribution < 1.29 is 0 Å². The Morgan fingerprint density at radius 2 is 1.95 bits per heavy atom. The Labute approximate surface area is 222 Å². The Morgan fingerprint density at radius 1 is 1.08 bits per heavy atom. The molecular weight excluding hydrogens is 476 g/mol. The summed E-state index contributed by atoms with van der Waals surface area (Å²) >= 11 is 5.53. The summed E-state index contributed by atoms with van der Waals surface area (Å²) in [4.78, 5) is 2.61. The average Bonchev–Trinajstić information content (AvgIpc) is 3.33. The lowest BCUT2D eigenvalue weighted by Crippen LogP contribution is -2.56. The highest BCUT2D eigenvalue weighted by molar-refractivity contribution is 7.80. The van der Waals surface area contributed by atoms with Crippen molar-refractivity contribution in [1.29, 1.82) is 5.26 Å². The van der Waals surface area contributed by atoms with E-state index in [0.717, 1.165) is 37.4 Å². The second-order valence-corrected chi connectivity index (χ2v) is 10.6. The number of aromatic nitrogens is 2. The highest BCUT2D eigenvalue weighted by Gasteiger charge is 2.41. The van der Waals surface area contributed by atoms with E-state index in [0.29, 0.717) is 28.6 Å². The largest absolute Gasteiger partial charge is 0.361 e. The van der Waals surface area contributed by atoms with Crippen molar-refractivity contribution in [3.05, 3.63) is 84.1 Å². The van der Waals surface area contributed by atoms with E-state index in [2.05, 4.69) is 81.9 Å². The normalized spacial score (nSPS) is 22.5. The number of hydrogen-bond acceptors (Lipinski definition) is 4. The Hall–Kier alpha value is -3.73. The fourth-order valence-electron chi connectivity index (χ4n) is 6.06. The molecule has 3 fully saturated rings. The van der Waals surface area contributed by atoms with Gasteiger partial charge in [0, 0.05) is 49.0 Å². The molecule has 37 heavy (non-hydrogen) atoms. The molecule has 0 aliphatic carbocycles. The van der Waals surface area contributed by atoms with Gasteiger partial charge in [-0.1, -0.05) is 42.5 Å². The van der Waals surface area contributed by atoms with Crippen LogP contribution in [-0.2, 0) is 7.05 Å². The Kier molecular flexibility index (Phi) is 6.37. The van der Waals surface area contributed by atoms with Gasteiger partial charge in [0.15, 0.2) is 5.11 Å². The van der Waals surface area contributed by atoms with Gasteiger partial charge >= 0.3 is 0 Å². The van der Waals surface area contributed by atoms with Crippen LogP contribution in [0.1, 0.15) is 30.0 Å². The lowest BCUT2D eigenvalue weighted by Gasteiger charge is -2.50. The van der Waals surface area contributed by atoms with E-state index < -0.39 is 0 Å². The average molecular weight is 507 g/mol. The number of nitriles is 1. The fraction of sp³-hybridized carbons (Fsp3) is 0.300. The molecule has 7 heteroatoms. The number of nitrogens with one attached hydrogen (secondary N) is 2. The maximum Gasteiger partial charge on any atom is 0.170 e. The predicted octanol–water partition coefficient (Wildman–Crippen LogP) is 5.28. The summed E-state index contributed by atoms with van der Waals surface area (Å²) in [6, 6.07) is 27.4. The van der Waals surface area contributed by atoms with Crippen molar-refractivity contribution in [3.8, 4) is 17.3 Å². The molecule has 2 N–H and O–H groups in total.